The summed E-state index contributed by atoms with van der Waals surface area (Å²) in [5.74, 6) is -2.71. The lowest BCUT2D eigenvalue weighted by Gasteiger charge is -2.49. The highest BCUT2D eigenvalue weighted by molar-refractivity contribution is 8.01. The van der Waals surface area contributed by atoms with Crippen molar-refractivity contribution in [3.8, 4) is 0 Å². The summed E-state index contributed by atoms with van der Waals surface area (Å²) in [6, 6.07) is 8.70. The Kier molecular flexibility index (Phi) is 11.3. The Morgan fingerprint density at radius 3 is 2.37 bits per heavy atom. The largest absolute Gasteiger partial charge is 0.508 e. The number of nitrogens with one attached hydrogen (secondary N) is 1. The first kappa shape index (κ1) is 32.2. The summed E-state index contributed by atoms with van der Waals surface area (Å²) in [4.78, 5) is 49.2. The molecular formula is C23H28Cl3FN2O8S. The molecular weight excluding hydrogens is 590 g/mol. The molecule has 2 N–H and O–H groups in total. The van der Waals surface area contributed by atoms with Crippen LogP contribution in [0, 0.1) is 0 Å². The van der Waals surface area contributed by atoms with E-state index in [0.717, 1.165) is 16.7 Å². The van der Waals surface area contributed by atoms with Crippen LogP contribution in [0.4, 0.5) is 9.18 Å². The molecule has 15 heteroatoms. The number of hydrogen-bond donors (Lipinski definition) is 2. The summed E-state index contributed by atoms with van der Waals surface area (Å²) < 4.78 is 26.3. The predicted molar refractivity (Wildman–Crippen MR) is 140 cm³/mol. The Labute approximate surface area is 238 Å². The number of benzene rings is 1. The quantitative estimate of drug-likeness (QED) is 0.166. The molecule has 38 heavy (non-hydrogen) atoms. The number of amides is 2. The number of nitrogens with zero attached hydrogens (tertiary/aromatic N) is 1. The number of likely N-dealkylation sites (tertiary alicyclic amines) is 1. The number of carbonyl (C=O) groups is 4. The van der Waals surface area contributed by atoms with Crippen molar-refractivity contribution in [2.24, 2.45) is 0 Å². The predicted octanol–water partition coefficient (Wildman–Crippen LogP) is 3.14. The number of aliphatic hydroxyl groups excluding tert-OH is 1. The van der Waals surface area contributed by atoms with Crippen LogP contribution >= 0.6 is 46.6 Å². The van der Waals surface area contributed by atoms with Gasteiger partial charge in [0, 0.05) is 5.75 Å². The zero-order valence-electron chi connectivity index (χ0n) is 20.7. The number of hydrogen-bond acceptors (Lipinski definition) is 9. The maximum Gasteiger partial charge on any atom is 0.508 e. The zero-order valence-corrected chi connectivity index (χ0v) is 23.8. The van der Waals surface area contributed by atoms with Gasteiger partial charge in [-0.25, -0.2) is 14.0 Å². The number of carbonyl (C=O) groups excluding carboxylic acids is 4. The molecule has 1 aromatic carbocycles. The van der Waals surface area contributed by atoms with Crippen LogP contribution in [-0.4, -0.2) is 86.1 Å². The second kappa shape index (κ2) is 13.4. The van der Waals surface area contributed by atoms with E-state index in [9.17, 15) is 28.7 Å². The monoisotopic (exact) mass is 616 g/mol. The van der Waals surface area contributed by atoms with Crippen LogP contribution < -0.4 is 5.32 Å². The first-order valence-corrected chi connectivity index (χ1v) is 13.3. The standard InChI is InChI=1S/C23H28Cl3FN2O8S/c1-21(2,3)37-18(32)17(31)29-12-22(19(29)33,28-16(30)9-14-7-5-4-6-8-14)38-11-15(10-27)36-20(34)35-13-23(24,25)26/h4-8,15,17,31H,9-13H2,1-3H3,(H,28,30)/t15?,17?,22-/m0/s1. The average Bonchev–Trinajstić information content (AvgIpc) is 2.81. The number of β-lactam (4-membered cyclic amide) rings is 1. The number of esters is 1. The number of aliphatic hydroxyl groups is 1. The first-order valence-electron chi connectivity index (χ1n) is 11.2. The summed E-state index contributed by atoms with van der Waals surface area (Å²) in [5, 5.41) is 13.0. The van der Waals surface area contributed by atoms with Gasteiger partial charge in [0.15, 0.2) is 4.87 Å². The van der Waals surface area contributed by atoms with Crippen molar-refractivity contribution in [3.63, 3.8) is 0 Å². The summed E-state index contributed by atoms with van der Waals surface area (Å²) in [7, 11) is 0. The molecule has 0 saturated carbocycles. The third kappa shape index (κ3) is 9.96. The molecule has 1 aliphatic rings. The fourth-order valence-electron chi connectivity index (χ4n) is 3.14. The van der Waals surface area contributed by atoms with Gasteiger partial charge in [-0.3, -0.25) is 9.59 Å². The second-order valence-electron chi connectivity index (χ2n) is 9.24. The van der Waals surface area contributed by atoms with Crippen LogP contribution in [0.3, 0.4) is 0 Å². The highest BCUT2D eigenvalue weighted by atomic mass is 35.6. The molecule has 1 heterocycles. The van der Waals surface area contributed by atoms with Gasteiger partial charge in [-0.1, -0.05) is 65.1 Å². The molecule has 10 nitrogen and oxygen atoms in total. The SMILES string of the molecule is CC(C)(C)OC(=O)C(O)N1C[C@](NC(=O)Cc2ccccc2)(SCC(CF)OC(=O)OCC(Cl)(Cl)Cl)C1=O. The van der Waals surface area contributed by atoms with Crippen LogP contribution in [0.5, 0.6) is 0 Å². The van der Waals surface area contributed by atoms with Crippen molar-refractivity contribution in [3.05, 3.63) is 35.9 Å². The van der Waals surface area contributed by atoms with E-state index in [-0.39, 0.29) is 18.7 Å². The van der Waals surface area contributed by atoms with E-state index in [1.165, 1.54) is 0 Å². The van der Waals surface area contributed by atoms with Crippen molar-refractivity contribution in [1.82, 2.24) is 10.2 Å². The Bertz CT molecular complexity index is 1010. The smallest absolute Gasteiger partial charge is 0.457 e. The molecule has 212 valence electrons. The number of thioether (sulfide) groups is 1. The maximum atomic E-state index is 13.6. The highest BCUT2D eigenvalue weighted by Gasteiger charge is 2.57. The Balaban J connectivity index is 2.11. The normalized spacial score (nSPS) is 19.2. The van der Waals surface area contributed by atoms with Crippen molar-refractivity contribution < 1.29 is 42.9 Å². The van der Waals surface area contributed by atoms with E-state index < -0.39 is 63.8 Å². The summed E-state index contributed by atoms with van der Waals surface area (Å²) in [6.45, 7) is 2.67. The third-order valence-electron chi connectivity index (χ3n) is 4.77. The lowest BCUT2D eigenvalue weighted by Crippen LogP contribution is -2.75. The van der Waals surface area contributed by atoms with Crippen LogP contribution in [0.2, 0.25) is 0 Å². The van der Waals surface area contributed by atoms with Crippen LogP contribution in [0.25, 0.3) is 0 Å². The van der Waals surface area contributed by atoms with E-state index in [1.807, 2.05) is 0 Å². The van der Waals surface area contributed by atoms with E-state index in [0.29, 0.717) is 5.56 Å². The molecule has 0 radical (unpaired) electrons. The van der Waals surface area contributed by atoms with E-state index in [4.69, 9.17) is 44.3 Å². The van der Waals surface area contributed by atoms with Gasteiger partial charge in [0.1, 0.15) is 25.0 Å². The van der Waals surface area contributed by atoms with E-state index in [1.54, 1.807) is 51.1 Å². The molecule has 1 aliphatic heterocycles. The van der Waals surface area contributed by atoms with Gasteiger partial charge in [0.2, 0.25) is 15.9 Å². The van der Waals surface area contributed by atoms with Gasteiger partial charge in [0.25, 0.3) is 5.91 Å². The van der Waals surface area contributed by atoms with Gasteiger partial charge in [0.05, 0.1) is 13.0 Å². The van der Waals surface area contributed by atoms with Crippen molar-refractivity contribution in [2.45, 2.75) is 53.8 Å². The lowest BCUT2D eigenvalue weighted by molar-refractivity contribution is -0.188. The van der Waals surface area contributed by atoms with Crippen LogP contribution in [-0.2, 0) is 35.0 Å². The van der Waals surface area contributed by atoms with E-state index >= 15 is 0 Å². The van der Waals surface area contributed by atoms with Crippen molar-refractivity contribution in [1.29, 1.82) is 0 Å². The van der Waals surface area contributed by atoms with Crippen molar-refractivity contribution in [2.75, 3.05) is 25.6 Å². The highest BCUT2D eigenvalue weighted by Crippen LogP contribution is 2.37. The van der Waals surface area contributed by atoms with Gasteiger partial charge >= 0.3 is 12.1 Å². The van der Waals surface area contributed by atoms with E-state index in [2.05, 4.69) is 10.1 Å². The Morgan fingerprint density at radius 2 is 1.84 bits per heavy atom. The average molecular weight is 618 g/mol. The van der Waals surface area contributed by atoms with Gasteiger partial charge in [-0.2, -0.15) is 0 Å². The number of alkyl halides is 4. The number of halogens is 4. The van der Waals surface area contributed by atoms with Crippen LogP contribution in [0.15, 0.2) is 30.3 Å². The molecule has 2 unspecified atom stereocenters. The molecule has 3 atom stereocenters. The maximum absolute atomic E-state index is 13.6. The van der Waals surface area contributed by atoms with Gasteiger partial charge < -0.3 is 29.5 Å². The molecule has 1 fully saturated rings. The zero-order chi connectivity index (χ0) is 28.7. The molecule has 2 rings (SSSR count). The second-order valence-corrected chi connectivity index (χ2v) is 13.1. The van der Waals surface area contributed by atoms with Gasteiger partial charge in [-0.15, -0.1) is 11.8 Å². The van der Waals surface area contributed by atoms with Gasteiger partial charge in [-0.05, 0) is 26.3 Å². The topological polar surface area (TPSA) is 131 Å². The molecule has 0 bridgehead atoms. The molecule has 0 spiro atoms. The molecule has 2 amide bonds. The fourth-order valence-corrected chi connectivity index (χ4v) is 4.59. The number of rotatable bonds is 11. The minimum atomic E-state index is -1.92. The fraction of sp³-hybridized carbons (Fsp3) is 0.565. The summed E-state index contributed by atoms with van der Waals surface area (Å²) in [5.41, 5.74) is -0.248. The summed E-state index contributed by atoms with van der Waals surface area (Å²) >= 11 is 17.3. The molecule has 1 saturated heterocycles. The number of ether oxygens (including phenoxy) is 3. The molecule has 0 aliphatic carbocycles. The Hall–Kier alpha value is -1.99. The molecule has 1 aromatic rings. The van der Waals surface area contributed by atoms with Crippen LogP contribution in [0.1, 0.15) is 26.3 Å². The first-order chi connectivity index (χ1) is 17.5. The summed E-state index contributed by atoms with van der Waals surface area (Å²) in [6.07, 6.45) is -4.68. The van der Waals surface area contributed by atoms with Crippen molar-refractivity contribution >= 4 is 70.5 Å². The molecule has 0 aromatic heterocycles. The lowest BCUT2D eigenvalue weighted by atomic mass is 10.0. The minimum Gasteiger partial charge on any atom is -0.457 e. The Morgan fingerprint density at radius 1 is 1.21 bits per heavy atom. The third-order valence-corrected chi connectivity index (χ3v) is 6.53. The minimum absolute atomic E-state index is 0.0720.